The fraction of sp³-hybridized carbons (Fsp3) is 0.562. The van der Waals surface area contributed by atoms with Gasteiger partial charge in [-0.1, -0.05) is 12.1 Å². The molecule has 1 unspecified atom stereocenters. The van der Waals surface area contributed by atoms with E-state index in [9.17, 15) is 0 Å². The summed E-state index contributed by atoms with van der Waals surface area (Å²) in [6, 6.07) is 10.2. The molecule has 20 heavy (non-hydrogen) atoms. The number of rotatable bonds is 10. The first-order valence-electron chi connectivity index (χ1n) is 7.10. The van der Waals surface area contributed by atoms with Crippen molar-refractivity contribution in [3.8, 4) is 11.8 Å². The van der Waals surface area contributed by atoms with E-state index in [-0.39, 0.29) is 6.61 Å². The van der Waals surface area contributed by atoms with Crippen LogP contribution in [0.4, 0.5) is 0 Å². The van der Waals surface area contributed by atoms with Crippen molar-refractivity contribution in [2.75, 3.05) is 26.9 Å². The first-order chi connectivity index (χ1) is 9.77. The number of nitrogens with one attached hydrogen (secondary N) is 1. The van der Waals surface area contributed by atoms with Crippen LogP contribution in [0.3, 0.4) is 0 Å². The molecule has 4 nitrogen and oxygen atoms in total. The Balaban J connectivity index is 2.25. The molecule has 0 spiro atoms. The minimum absolute atomic E-state index is 0.0919. The number of unbranched alkanes of at least 4 members (excludes halogenated alkanes) is 2. The number of benzene rings is 1. The summed E-state index contributed by atoms with van der Waals surface area (Å²) >= 11 is 0. The number of methoxy groups -OCH3 is 1. The summed E-state index contributed by atoms with van der Waals surface area (Å²) in [6.45, 7) is 4.10. The number of nitriles is 1. The molecule has 0 bridgehead atoms. The Labute approximate surface area is 121 Å². The van der Waals surface area contributed by atoms with Gasteiger partial charge in [-0.2, -0.15) is 5.26 Å². The third-order valence-corrected chi connectivity index (χ3v) is 3.16. The zero-order valence-corrected chi connectivity index (χ0v) is 12.4. The van der Waals surface area contributed by atoms with Crippen LogP contribution < -0.4 is 10.1 Å². The zero-order valence-electron chi connectivity index (χ0n) is 12.4. The van der Waals surface area contributed by atoms with Gasteiger partial charge in [-0.25, -0.2) is 0 Å². The molecule has 1 aromatic carbocycles. The maximum absolute atomic E-state index is 8.45. The summed E-state index contributed by atoms with van der Waals surface area (Å²) < 4.78 is 10.3. The van der Waals surface area contributed by atoms with E-state index >= 15 is 0 Å². The third kappa shape index (κ3) is 6.55. The highest BCUT2D eigenvalue weighted by Crippen LogP contribution is 2.17. The molecule has 1 aromatic rings. The van der Waals surface area contributed by atoms with Gasteiger partial charge in [0.1, 0.15) is 11.8 Å². The van der Waals surface area contributed by atoms with Crippen molar-refractivity contribution in [1.82, 2.24) is 5.32 Å². The average Bonchev–Trinajstić information content (AvgIpc) is 2.49. The van der Waals surface area contributed by atoms with Crippen LogP contribution >= 0.6 is 0 Å². The summed E-state index contributed by atoms with van der Waals surface area (Å²) in [5, 5.41) is 12.0. The van der Waals surface area contributed by atoms with E-state index in [4.69, 9.17) is 14.7 Å². The largest absolute Gasteiger partial charge is 0.479 e. The summed E-state index contributed by atoms with van der Waals surface area (Å²) in [5.74, 6) is 0.738. The topological polar surface area (TPSA) is 54.3 Å². The molecule has 1 rings (SSSR count). The number of hydrogen-bond donors (Lipinski definition) is 1. The molecule has 0 aromatic heterocycles. The highest BCUT2D eigenvalue weighted by molar-refractivity contribution is 5.29. The second kappa shape index (κ2) is 10.2. The molecule has 1 N–H and O–H groups in total. The van der Waals surface area contributed by atoms with Crippen molar-refractivity contribution in [2.45, 2.75) is 32.2 Å². The van der Waals surface area contributed by atoms with E-state index in [0.29, 0.717) is 6.04 Å². The molecule has 110 valence electrons. The fourth-order valence-electron chi connectivity index (χ4n) is 1.95. The number of nitrogens with zero attached hydrogens (tertiary/aromatic N) is 1. The zero-order chi connectivity index (χ0) is 14.6. The van der Waals surface area contributed by atoms with Gasteiger partial charge in [-0.15, -0.1) is 0 Å². The molecule has 0 aliphatic heterocycles. The van der Waals surface area contributed by atoms with Crippen LogP contribution in [-0.4, -0.2) is 26.9 Å². The lowest BCUT2D eigenvalue weighted by Gasteiger charge is -2.14. The highest BCUT2D eigenvalue weighted by atomic mass is 16.5. The van der Waals surface area contributed by atoms with Crippen molar-refractivity contribution in [3.05, 3.63) is 29.8 Å². The molecular weight excluding hydrogens is 252 g/mol. The van der Waals surface area contributed by atoms with Crippen LogP contribution in [0.2, 0.25) is 0 Å². The number of ether oxygens (including phenoxy) is 2. The molecule has 0 radical (unpaired) electrons. The van der Waals surface area contributed by atoms with Crippen LogP contribution in [0.15, 0.2) is 24.3 Å². The molecule has 0 aliphatic carbocycles. The van der Waals surface area contributed by atoms with Gasteiger partial charge in [0.15, 0.2) is 6.61 Å². The summed E-state index contributed by atoms with van der Waals surface area (Å²) in [7, 11) is 1.74. The van der Waals surface area contributed by atoms with Crippen LogP contribution in [0, 0.1) is 11.3 Å². The monoisotopic (exact) mass is 276 g/mol. The predicted molar refractivity (Wildman–Crippen MR) is 79.7 cm³/mol. The lowest BCUT2D eigenvalue weighted by Crippen LogP contribution is -2.19. The first-order valence-corrected chi connectivity index (χ1v) is 7.10. The molecule has 0 heterocycles. The molecule has 0 saturated heterocycles. The van der Waals surface area contributed by atoms with Crippen molar-refractivity contribution in [2.24, 2.45) is 0 Å². The van der Waals surface area contributed by atoms with E-state index in [0.717, 1.165) is 31.7 Å². The lowest BCUT2D eigenvalue weighted by molar-refractivity contribution is 0.192. The second-order valence-corrected chi connectivity index (χ2v) is 4.75. The lowest BCUT2D eigenvalue weighted by atomic mass is 10.1. The maximum Gasteiger partial charge on any atom is 0.174 e. The van der Waals surface area contributed by atoms with E-state index < -0.39 is 0 Å². The van der Waals surface area contributed by atoms with Crippen LogP contribution in [-0.2, 0) is 4.74 Å². The quantitative estimate of drug-likeness (QED) is 0.667. The molecular formula is C16H24N2O2. The Hall–Kier alpha value is -1.57. The summed E-state index contributed by atoms with van der Waals surface area (Å²) in [5.41, 5.74) is 1.23. The van der Waals surface area contributed by atoms with Crippen molar-refractivity contribution in [1.29, 1.82) is 5.26 Å². The van der Waals surface area contributed by atoms with Crippen LogP contribution in [0.5, 0.6) is 5.75 Å². The minimum atomic E-state index is 0.0919. The Kier molecular flexibility index (Phi) is 8.44. The maximum atomic E-state index is 8.45. The van der Waals surface area contributed by atoms with E-state index in [1.165, 1.54) is 12.0 Å². The van der Waals surface area contributed by atoms with Gasteiger partial charge in [0.05, 0.1) is 0 Å². The molecule has 4 heteroatoms. The standard InChI is InChI=1S/C16H24N2O2/c1-14(18-11-4-3-5-12-19-2)15-6-8-16(9-7-15)20-13-10-17/h6-9,14,18H,3-5,11-13H2,1-2H3. The molecule has 0 saturated carbocycles. The Morgan fingerprint density at radius 1 is 1.20 bits per heavy atom. The van der Waals surface area contributed by atoms with Gasteiger partial charge < -0.3 is 14.8 Å². The van der Waals surface area contributed by atoms with E-state index in [1.54, 1.807) is 7.11 Å². The van der Waals surface area contributed by atoms with Crippen molar-refractivity contribution in [3.63, 3.8) is 0 Å². The smallest absolute Gasteiger partial charge is 0.174 e. The van der Waals surface area contributed by atoms with Gasteiger partial charge in [0, 0.05) is 19.8 Å². The van der Waals surface area contributed by atoms with Crippen LogP contribution in [0.25, 0.3) is 0 Å². The van der Waals surface area contributed by atoms with Gasteiger partial charge in [0.2, 0.25) is 0 Å². The third-order valence-electron chi connectivity index (χ3n) is 3.16. The predicted octanol–water partition coefficient (Wildman–Crippen LogP) is 3.06. The SMILES string of the molecule is COCCCCCNC(C)c1ccc(OCC#N)cc1. The Morgan fingerprint density at radius 3 is 2.60 bits per heavy atom. The fourth-order valence-corrected chi connectivity index (χ4v) is 1.95. The Bertz CT molecular complexity index is 398. The van der Waals surface area contributed by atoms with Gasteiger partial charge in [-0.3, -0.25) is 0 Å². The second-order valence-electron chi connectivity index (χ2n) is 4.75. The average molecular weight is 276 g/mol. The molecule has 0 aliphatic rings. The molecule has 0 amide bonds. The Morgan fingerprint density at radius 2 is 1.95 bits per heavy atom. The summed E-state index contributed by atoms with van der Waals surface area (Å²) in [6.07, 6.45) is 3.48. The minimum Gasteiger partial charge on any atom is -0.479 e. The van der Waals surface area contributed by atoms with Crippen LogP contribution in [0.1, 0.15) is 37.8 Å². The van der Waals surface area contributed by atoms with Gasteiger partial charge >= 0.3 is 0 Å². The van der Waals surface area contributed by atoms with Crippen molar-refractivity contribution >= 4 is 0 Å². The van der Waals surface area contributed by atoms with E-state index in [1.807, 2.05) is 30.3 Å². The van der Waals surface area contributed by atoms with Crippen molar-refractivity contribution < 1.29 is 9.47 Å². The molecule has 0 fully saturated rings. The normalized spacial score (nSPS) is 11.8. The summed E-state index contributed by atoms with van der Waals surface area (Å²) in [4.78, 5) is 0. The number of hydrogen-bond acceptors (Lipinski definition) is 4. The van der Waals surface area contributed by atoms with E-state index in [2.05, 4.69) is 12.2 Å². The first kappa shape index (κ1) is 16.5. The highest BCUT2D eigenvalue weighted by Gasteiger charge is 2.04. The van der Waals surface area contributed by atoms with Gasteiger partial charge in [0.25, 0.3) is 0 Å². The van der Waals surface area contributed by atoms with Gasteiger partial charge in [-0.05, 0) is 50.4 Å². The molecule has 1 atom stereocenters.